The SMILES string of the molecule is F/C(=C/c1ccncc1)C(F)(F)F. The summed E-state index contributed by atoms with van der Waals surface area (Å²) in [5, 5.41) is 0. The zero-order valence-electron chi connectivity index (χ0n) is 6.35. The number of rotatable bonds is 1. The lowest BCUT2D eigenvalue weighted by atomic mass is 10.2. The van der Waals surface area contributed by atoms with Gasteiger partial charge in [0, 0.05) is 12.4 Å². The Morgan fingerprint density at radius 2 is 1.77 bits per heavy atom. The molecular formula is C8H5F4N. The molecule has 0 atom stereocenters. The van der Waals surface area contributed by atoms with E-state index in [1.165, 1.54) is 24.5 Å². The first-order valence-corrected chi connectivity index (χ1v) is 3.34. The van der Waals surface area contributed by atoms with Crippen molar-refractivity contribution in [2.75, 3.05) is 0 Å². The van der Waals surface area contributed by atoms with Crippen molar-refractivity contribution in [3.63, 3.8) is 0 Å². The third-order valence-corrected chi connectivity index (χ3v) is 1.27. The summed E-state index contributed by atoms with van der Waals surface area (Å²) in [5.41, 5.74) is 0.129. The van der Waals surface area contributed by atoms with Gasteiger partial charge in [-0.2, -0.15) is 13.2 Å². The number of pyridine rings is 1. The molecule has 0 spiro atoms. The number of hydrogen-bond donors (Lipinski definition) is 0. The highest BCUT2D eigenvalue weighted by atomic mass is 19.4. The normalized spacial score (nSPS) is 13.1. The van der Waals surface area contributed by atoms with Gasteiger partial charge in [-0.1, -0.05) is 0 Å². The van der Waals surface area contributed by atoms with Crippen LogP contribution in [0.2, 0.25) is 0 Å². The Bertz CT molecular complexity index is 302. The highest BCUT2D eigenvalue weighted by molar-refractivity contribution is 5.51. The van der Waals surface area contributed by atoms with Crippen molar-refractivity contribution >= 4 is 6.08 Å². The van der Waals surface area contributed by atoms with Gasteiger partial charge in [-0.15, -0.1) is 0 Å². The van der Waals surface area contributed by atoms with Gasteiger partial charge in [0.15, 0.2) is 0 Å². The van der Waals surface area contributed by atoms with Crippen molar-refractivity contribution in [2.45, 2.75) is 6.18 Å². The van der Waals surface area contributed by atoms with Crippen molar-refractivity contribution in [1.82, 2.24) is 4.98 Å². The summed E-state index contributed by atoms with van der Waals surface area (Å²) in [5.74, 6) is -2.11. The second kappa shape index (κ2) is 3.55. The molecule has 0 fully saturated rings. The fraction of sp³-hybridized carbons (Fsp3) is 0.125. The number of allylic oxidation sites excluding steroid dienone is 1. The second-order valence-corrected chi connectivity index (χ2v) is 2.27. The van der Waals surface area contributed by atoms with Gasteiger partial charge in [0.05, 0.1) is 0 Å². The van der Waals surface area contributed by atoms with Crippen LogP contribution in [0.4, 0.5) is 17.6 Å². The Hall–Kier alpha value is -1.39. The molecule has 1 rings (SSSR count). The highest BCUT2D eigenvalue weighted by Crippen LogP contribution is 2.27. The largest absolute Gasteiger partial charge is 0.442 e. The molecule has 0 unspecified atom stereocenters. The van der Waals surface area contributed by atoms with E-state index < -0.39 is 12.0 Å². The van der Waals surface area contributed by atoms with Gasteiger partial charge < -0.3 is 0 Å². The van der Waals surface area contributed by atoms with Crippen LogP contribution in [0, 0.1) is 0 Å². The third-order valence-electron chi connectivity index (χ3n) is 1.27. The monoisotopic (exact) mass is 191 g/mol. The lowest BCUT2D eigenvalue weighted by Crippen LogP contribution is -2.07. The molecule has 0 saturated carbocycles. The molecule has 0 radical (unpaired) electrons. The molecule has 0 bridgehead atoms. The number of alkyl halides is 3. The summed E-state index contributed by atoms with van der Waals surface area (Å²) < 4.78 is 47.3. The second-order valence-electron chi connectivity index (χ2n) is 2.27. The molecule has 0 aliphatic heterocycles. The van der Waals surface area contributed by atoms with Crippen LogP contribution in [0.25, 0.3) is 6.08 Å². The molecule has 1 heterocycles. The highest BCUT2D eigenvalue weighted by Gasteiger charge is 2.34. The van der Waals surface area contributed by atoms with E-state index in [-0.39, 0.29) is 5.56 Å². The Morgan fingerprint density at radius 3 is 2.23 bits per heavy atom. The van der Waals surface area contributed by atoms with Crippen molar-refractivity contribution in [3.8, 4) is 0 Å². The number of halogens is 4. The van der Waals surface area contributed by atoms with E-state index in [0.717, 1.165) is 0 Å². The minimum absolute atomic E-state index is 0.129. The maximum atomic E-state index is 12.3. The zero-order valence-corrected chi connectivity index (χ0v) is 6.35. The number of hydrogen-bond acceptors (Lipinski definition) is 1. The standard InChI is InChI=1S/C8H5F4N/c9-7(8(10,11)12)5-6-1-3-13-4-2-6/h1-5H/b7-5+. The van der Waals surface area contributed by atoms with E-state index >= 15 is 0 Å². The average Bonchev–Trinajstić information content (AvgIpc) is 2.04. The fourth-order valence-electron chi connectivity index (χ4n) is 0.688. The Kier molecular flexibility index (Phi) is 2.65. The molecule has 0 aliphatic rings. The molecule has 70 valence electrons. The maximum Gasteiger partial charge on any atom is 0.442 e. The minimum Gasteiger partial charge on any atom is -0.265 e. The lowest BCUT2D eigenvalue weighted by Gasteiger charge is -2.01. The van der Waals surface area contributed by atoms with Gasteiger partial charge >= 0.3 is 6.18 Å². The van der Waals surface area contributed by atoms with Crippen molar-refractivity contribution < 1.29 is 17.6 Å². The van der Waals surface area contributed by atoms with Gasteiger partial charge in [-0.05, 0) is 23.8 Å². The van der Waals surface area contributed by atoms with Crippen LogP contribution in [0.15, 0.2) is 30.4 Å². The van der Waals surface area contributed by atoms with E-state index in [1.807, 2.05) is 0 Å². The van der Waals surface area contributed by atoms with E-state index in [9.17, 15) is 17.6 Å². The summed E-state index contributed by atoms with van der Waals surface area (Å²) >= 11 is 0. The summed E-state index contributed by atoms with van der Waals surface area (Å²) in [6, 6.07) is 2.57. The predicted molar refractivity (Wildman–Crippen MR) is 39.4 cm³/mol. The smallest absolute Gasteiger partial charge is 0.265 e. The molecule has 0 aromatic carbocycles. The predicted octanol–water partition coefficient (Wildman–Crippen LogP) is 2.95. The molecule has 0 N–H and O–H groups in total. The van der Waals surface area contributed by atoms with Crippen LogP contribution in [0.3, 0.4) is 0 Å². The molecule has 0 aliphatic carbocycles. The molecule has 1 aromatic rings. The van der Waals surface area contributed by atoms with E-state index in [2.05, 4.69) is 4.98 Å². The van der Waals surface area contributed by atoms with Crippen LogP contribution >= 0.6 is 0 Å². The molecule has 5 heteroatoms. The Labute approximate surface area is 71.7 Å². The molecular weight excluding hydrogens is 186 g/mol. The van der Waals surface area contributed by atoms with Crippen LogP contribution in [-0.4, -0.2) is 11.2 Å². The first-order valence-electron chi connectivity index (χ1n) is 3.34. The van der Waals surface area contributed by atoms with Crippen LogP contribution in [0.1, 0.15) is 5.56 Å². The first kappa shape index (κ1) is 9.70. The fourth-order valence-corrected chi connectivity index (χ4v) is 0.688. The van der Waals surface area contributed by atoms with Gasteiger partial charge in [0.2, 0.25) is 5.83 Å². The van der Waals surface area contributed by atoms with Crippen molar-refractivity contribution in [3.05, 3.63) is 35.9 Å². The summed E-state index contributed by atoms with van der Waals surface area (Å²) in [6.07, 6.45) is -1.92. The van der Waals surface area contributed by atoms with Gasteiger partial charge in [0.25, 0.3) is 0 Å². The Balaban J connectivity index is 2.90. The van der Waals surface area contributed by atoms with Gasteiger partial charge in [-0.3, -0.25) is 4.98 Å². The minimum atomic E-state index is -4.91. The van der Waals surface area contributed by atoms with Crippen LogP contribution in [-0.2, 0) is 0 Å². The topological polar surface area (TPSA) is 12.9 Å². The van der Waals surface area contributed by atoms with Crippen molar-refractivity contribution in [1.29, 1.82) is 0 Å². The third kappa shape index (κ3) is 2.85. The molecule has 1 aromatic heterocycles. The van der Waals surface area contributed by atoms with E-state index in [4.69, 9.17) is 0 Å². The van der Waals surface area contributed by atoms with E-state index in [0.29, 0.717) is 6.08 Å². The van der Waals surface area contributed by atoms with Crippen LogP contribution in [0.5, 0.6) is 0 Å². The number of aromatic nitrogens is 1. The zero-order chi connectivity index (χ0) is 9.90. The molecule has 1 nitrogen and oxygen atoms in total. The summed E-state index contributed by atoms with van der Waals surface area (Å²) in [6.45, 7) is 0. The lowest BCUT2D eigenvalue weighted by molar-refractivity contribution is -0.107. The molecule has 0 amide bonds. The van der Waals surface area contributed by atoms with Gasteiger partial charge in [-0.25, -0.2) is 4.39 Å². The summed E-state index contributed by atoms with van der Waals surface area (Å²) in [4.78, 5) is 3.58. The molecule has 0 saturated heterocycles. The van der Waals surface area contributed by atoms with Crippen molar-refractivity contribution in [2.24, 2.45) is 0 Å². The Morgan fingerprint density at radius 1 is 1.23 bits per heavy atom. The maximum absolute atomic E-state index is 12.3. The average molecular weight is 191 g/mol. The van der Waals surface area contributed by atoms with Gasteiger partial charge in [0.1, 0.15) is 0 Å². The summed E-state index contributed by atoms with van der Waals surface area (Å²) in [7, 11) is 0. The van der Waals surface area contributed by atoms with E-state index in [1.54, 1.807) is 0 Å². The molecule has 13 heavy (non-hydrogen) atoms. The quantitative estimate of drug-likeness (QED) is 0.622. The number of nitrogens with zero attached hydrogens (tertiary/aromatic N) is 1. The van der Waals surface area contributed by atoms with Crippen LogP contribution < -0.4 is 0 Å². The first-order chi connectivity index (χ1) is 6.00.